The van der Waals surface area contributed by atoms with Crippen molar-refractivity contribution in [3.8, 4) is 0 Å². The third-order valence-electron chi connectivity index (χ3n) is 0.636. The van der Waals surface area contributed by atoms with Crippen LogP contribution in [0.15, 0.2) is 0 Å². The van der Waals surface area contributed by atoms with Crippen molar-refractivity contribution in [2.24, 2.45) is 5.90 Å². The second kappa shape index (κ2) is 5.03. The molecule has 0 fully saturated rings. The minimum absolute atomic E-state index is 0.332. The molecule has 0 aliphatic rings. The van der Waals surface area contributed by atoms with Gasteiger partial charge in [0.15, 0.2) is 0 Å². The first-order valence-electron chi connectivity index (χ1n) is 2.27. The van der Waals surface area contributed by atoms with E-state index >= 15 is 0 Å². The van der Waals surface area contributed by atoms with Crippen molar-refractivity contribution in [1.29, 1.82) is 0 Å². The van der Waals surface area contributed by atoms with Crippen LogP contribution in [0.2, 0.25) is 0 Å². The molecule has 0 rings (SSSR count). The summed E-state index contributed by atoms with van der Waals surface area (Å²) in [5, 5.41) is -0.345. The van der Waals surface area contributed by atoms with Gasteiger partial charge in [0.05, 0.1) is 6.61 Å². The Bertz CT molecular complexity index is 76.4. The molecule has 0 saturated heterocycles. The molecule has 3 nitrogen and oxygen atoms in total. The van der Waals surface area contributed by atoms with Gasteiger partial charge in [0.1, 0.15) is 0 Å². The minimum atomic E-state index is -0.345. The lowest BCUT2D eigenvalue weighted by molar-refractivity contribution is -0.112. The summed E-state index contributed by atoms with van der Waals surface area (Å²) in [7, 11) is 0. The Morgan fingerprint density at radius 2 is 2.38 bits per heavy atom. The third kappa shape index (κ3) is 5.88. The molecule has 0 aliphatic heterocycles. The van der Waals surface area contributed by atoms with E-state index in [1.165, 1.54) is 0 Å². The van der Waals surface area contributed by atoms with Crippen LogP contribution in [0, 0.1) is 0 Å². The van der Waals surface area contributed by atoms with Crippen molar-refractivity contribution in [2.75, 3.05) is 6.61 Å². The maximum Gasteiger partial charge on any atom is 0.221 e. The Hall–Kier alpha value is -0.120. The second-order valence-electron chi connectivity index (χ2n) is 1.33. The standard InChI is InChI=1S/C4H8ClNO2/c5-4(7)2-1-3-8-6/h1-3,6H2. The maximum atomic E-state index is 9.99. The Kier molecular flexibility index (Phi) is 4.95. The maximum absolute atomic E-state index is 9.99. The van der Waals surface area contributed by atoms with Gasteiger partial charge in [-0.15, -0.1) is 0 Å². The molecule has 8 heavy (non-hydrogen) atoms. The number of hydrogen-bond acceptors (Lipinski definition) is 3. The van der Waals surface area contributed by atoms with Crippen LogP contribution in [-0.2, 0) is 9.63 Å². The Morgan fingerprint density at radius 3 is 2.75 bits per heavy atom. The lowest BCUT2D eigenvalue weighted by Gasteiger charge is -1.90. The molecule has 4 heteroatoms. The van der Waals surface area contributed by atoms with Gasteiger partial charge in [-0.05, 0) is 18.0 Å². The van der Waals surface area contributed by atoms with Gasteiger partial charge in [-0.25, -0.2) is 5.90 Å². The van der Waals surface area contributed by atoms with Gasteiger partial charge in [-0.1, -0.05) is 0 Å². The molecule has 0 aromatic carbocycles. The van der Waals surface area contributed by atoms with Gasteiger partial charge in [-0.2, -0.15) is 0 Å². The zero-order chi connectivity index (χ0) is 6.41. The van der Waals surface area contributed by atoms with Crippen LogP contribution >= 0.6 is 11.6 Å². The molecule has 0 aromatic heterocycles. The Labute approximate surface area is 52.7 Å². The summed E-state index contributed by atoms with van der Waals surface area (Å²) in [6, 6.07) is 0. The van der Waals surface area contributed by atoms with E-state index in [1.807, 2.05) is 0 Å². The summed E-state index contributed by atoms with van der Waals surface area (Å²) >= 11 is 4.98. The summed E-state index contributed by atoms with van der Waals surface area (Å²) in [6.07, 6.45) is 0.928. The number of carbonyl (C=O) groups is 1. The lowest BCUT2D eigenvalue weighted by atomic mass is 10.3. The van der Waals surface area contributed by atoms with E-state index in [0.29, 0.717) is 19.4 Å². The van der Waals surface area contributed by atoms with Crippen LogP contribution in [0.25, 0.3) is 0 Å². The smallest absolute Gasteiger partial charge is 0.221 e. The van der Waals surface area contributed by atoms with Crippen LogP contribution in [0.3, 0.4) is 0 Å². The van der Waals surface area contributed by atoms with Crippen molar-refractivity contribution in [3.05, 3.63) is 0 Å². The van der Waals surface area contributed by atoms with Crippen molar-refractivity contribution < 1.29 is 9.63 Å². The first kappa shape index (κ1) is 7.88. The summed E-state index contributed by atoms with van der Waals surface area (Å²) in [5.74, 6) is 4.66. The SMILES string of the molecule is NOCCCC(=O)Cl. The molecule has 0 saturated carbocycles. The molecule has 0 bridgehead atoms. The number of carbonyl (C=O) groups excluding carboxylic acids is 1. The highest BCUT2D eigenvalue weighted by Gasteiger charge is 1.93. The number of nitrogens with two attached hydrogens (primary N) is 1. The predicted molar refractivity (Wildman–Crippen MR) is 30.2 cm³/mol. The molecule has 0 aliphatic carbocycles. The van der Waals surface area contributed by atoms with E-state index in [1.54, 1.807) is 0 Å². The molecule has 0 heterocycles. The van der Waals surface area contributed by atoms with E-state index in [4.69, 9.17) is 11.6 Å². The zero-order valence-corrected chi connectivity index (χ0v) is 5.15. The highest BCUT2D eigenvalue weighted by molar-refractivity contribution is 6.63. The van der Waals surface area contributed by atoms with Crippen LogP contribution in [0.4, 0.5) is 0 Å². The fraction of sp³-hybridized carbons (Fsp3) is 0.750. The molecule has 2 N–H and O–H groups in total. The molecule has 0 spiro atoms. The molecule has 0 aromatic rings. The van der Waals surface area contributed by atoms with Crippen LogP contribution in [0.1, 0.15) is 12.8 Å². The molecule has 0 atom stereocenters. The third-order valence-corrected chi connectivity index (χ3v) is 0.825. The normalized spacial score (nSPS) is 9.25. The second-order valence-corrected chi connectivity index (χ2v) is 1.75. The number of hydrogen-bond donors (Lipinski definition) is 1. The fourth-order valence-electron chi connectivity index (χ4n) is 0.294. The summed E-state index contributed by atoms with van der Waals surface area (Å²) in [6.45, 7) is 0.387. The van der Waals surface area contributed by atoms with Crippen molar-refractivity contribution >= 4 is 16.8 Å². The van der Waals surface area contributed by atoms with Gasteiger partial charge >= 0.3 is 0 Å². The average molecular weight is 138 g/mol. The summed E-state index contributed by atoms with van der Waals surface area (Å²) in [4.78, 5) is 14.2. The zero-order valence-electron chi connectivity index (χ0n) is 4.39. The monoisotopic (exact) mass is 137 g/mol. The average Bonchev–Trinajstić information content (AvgIpc) is 1.66. The van der Waals surface area contributed by atoms with Gasteiger partial charge in [-0.3, -0.25) is 4.79 Å². The van der Waals surface area contributed by atoms with Crippen LogP contribution in [0.5, 0.6) is 0 Å². The summed E-state index contributed by atoms with van der Waals surface area (Å²) < 4.78 is 0. The van der Waals surface area contributed by atoms with E-state index in [9.17, 15) is 4.79 Å². The lowest BCUT2D eigenvalue weighted by Crippen LogP contribution is -2.01. The summed E-state index contributed by atoms with van der Waals surface area (Å²) in [5.41, 5.74) is 0. The molecule has 0 amide bonds. The fourth-order valence-corrected chi connectivity index (χ4v) is 0.428. The first-order valence-corrected chi connectivity index (χ1v) is 2.65. The minimum Gasteiger partial charge on any atom is -0.305 e. The molecule has 0 unspecified atom stereocenters. The molecular formula is C4H8ClNO2. The first-order chi connectivity index (χ1) is 3.77. The van der Waals surface area contributed by atoms with E-state index < -0.39 is 0 Å². The van der Waals surface area contributed by atoms with Gasteiger partial charge in [0.2, 0.25) is 5.24 Å². The van der Waals surface area contributed by atoms with E-state index in [0.717, 1.165) is 0 Å². The van der Waals surface area contributed by atoms with Crippen molar-refractivity contribution in [3.63, 3.8) is 0 Å². The quantitative estimate of drug-likeness (QED) is 0.347. The van der Waals surface area contributed by atoms with Gasteiger partial charge < -0.3 is 4.84 Å². The number of halogens is 1. The van der Waals surface area contributed by atoms with Crippen molar-refractivity contribution in [1.82, 2.24) is 0 Å². The Morgan fingerprint density at radius 1 is 1.75 bits per heavy atom. The van der Waals surface area contributed by atoms with Crippen molar-refractivity contribution in [2.45, 2.75) is 12.8 Å². The largest absolute Gasteiger partial charge is 0.305 e. The van der Waals surface area contributed by atoms with Crippen LogP contribution < -0.4 is 5.90 Å². The molecule has 48 valence electrons. The van der Waals surface area contributed by atoms with E-state index in [-0.39, 0.29) is 5.24 Å². The molecule has 0 radical (unpaired) electrons. The van der Waals surface area contributed by atoms with Gasteiger partial charge in [0, 0.05) is 6.42 Å². The highest BCUT2D eigenvalue weighted by Crippen LogP contribution is 1.92. The molecular weight excluding hydrogens is 130 g/mol. The predicted octanol–water partition coefficient (Wildman–Crippen LogP) is 0.422. The Balaban J connectivity index is 2.82. The van der Waals surface area contributed by atoms with E-state index in [2.05, 4.69) is 10.7 Å². The number of rotatable bonds is 4. The highest BCUT2D eigenvalue weighted by atomic mass is 35.5. The topological polar surface area (TPSA) is 52.3 Å². The van der Waals surface area contributed by atoms with Crippen LogP contribution in [-0.4, -0.2) is 11.8 Å². The van der Waals surface area contributed by atoms with Gasteiger partial charge in [0.25, 0.3) is 0 Å².